The summed E-state index contributed by atoms with van der Waals surface area (Å²) in [5, 5.41) is 0. The second-order valence-corrected chi connectivity index (χ2v) is 7.44. The summed E-state index contributed by atoms with van der Waals surface area (Å²) >= 11 is 0. The molecule has 148 valence electrons. The van der Waals surface area contributed by atoms with Gasteiger partial charge in [0.1, 0.15) is 5.75 Å². The van der Waals surface area contributed by atoms with E-state index in [1.807, 2.05) is 37.3 Å². The molecule has 0 unspecified atom stereocenters. The SMILES string of the molecule is CC[C@@]1(C(N)=O)CCCN(C(=O)c2cccc(OCCc3ccccc3)c2)C1. The number of carbonyl (C=O) groups is 2. The van der Waals surface area contributed by atoms with Gasteiger partial charge in [0.25, 0.3) is 5.91 Å². The third-order valence-electron chi connectivity index (χ3n) is 5.65. The molecule has 2 amide bonds. The molecule has 0 aliphatic carbocycles. The number of ether oxygens (including phenoxy) is 1. The van der Waals surface area contributed by atoms with Crippen molar-refractivity contribution in [3.05, 3.63) is 65.7 Å². The van der Waals surface area contributed by atoms with Gasteiger partial charge in [-0.15, -0.1) is 0 Å². The highest BCUT2D eigenvalue weighted by Gasteiger charge is 2.40. The Bertz CT molecular complexity index is 822. The van der Waals surface area contributed by atoms with Gasteiger partial charge in [-0.1, -0.05) is 43.3 Å². The zero-order valence-electron chi connectivity index (χ0n) is 16.4. The largest absolute Gasteiger partial charge is 0.493 e. The number of nitrogens with two attached hydrogens (primary N) is 1. The number of carbonyl (C=O) groups excluding carboxylic acids is 2. The number of primary amides is 1. The van der Waals surface area contributed by atoms with E-state index in [0.29, 0.717) is 37.4 Å². The molecule has 2 aromatic rings. The quantitative estimate of drug-likeness (QED) is 0.800. The molecular formula is C23H28N2O3. The van der Waals surface area contributed by atoms with E-state index < -0.39 is 5.41 Å². The van der Waals surface area contributed by atoms with Crippen LogP contribution < -0.4 is 10.5 Å². The first-order chi connectivity index (χ1) is 13.5. The fourth-order valence-electron chi connectivity index (χ4n) is 3.80. The van der Waals surface area contributed by atoms with E-state index in [1.165, 1.54) is 5.56 Å². The number of amides is 2. The molecule has 0 bridgehead atoms. The lowest BCUT2D eigenvalue weighted by molar-refractivity contribution is -0.130. The number of benzene rings is 2. The maximum atomic E-state index is 13.0. The van der Waals surface area contributed by atoms with Crippen LogP contribution in [0.5, 0.6) is 5.75 Å². The number of nitrogens with zero attached hydrogens (tertiary/aromatic N) is 1. The van der Waals surface area contributed by atoms with Gasteiger partial charge in [-0.25, -0.2) is 0 Å². The molecule has 1 atom stereocenters. The normalized spacial score (nSPS) is 19.2. The standard InChI is InChI=1S/C23H28N2O3/c1-2-23(22(24)27)13-7-14-25(17-23)21(26)19-10-6-11-20(16-19)28-15-12-18-8-4-3-5-9-18/h3-6,8-11,16H,2,7,12-15,17H2,1H3,(H2,24,27)/t23-/m1/s1. The van der Waals surface area contributed by atoms with E-state index in [0.717, 1.165) is 19.3 Å². The zero-order chi connectivity index (χ0) is 20.0. The predicted octanol–water partition coefficient (Wildman–Crippen LogP) is 3.43. The highest BCUT2D eigenvalue weighted by molar-refractivity contribution is 5.95. The first kappa shape index (κ1) is 19.9. The minimum atomic E-state index is -0.613. The molecule has 2 aromatic carbocycles. The maximum absolute atomic E-state index is 13.0. The lowest BCUT2D eigenvalue weighted by Crippen LogP contribution is -2.51. The average molecular weight is 380 g/mol. The van der Waals surface area contributed by atoms with Crippen LogP contribution in [-0.2, 0) is 11.2 Å². The van der Waals surface area contributed by atoms with Crippen LogP contribution in [0.3, 0.4) is 0 Å². The van der Waals surface area contributed by atoms with E-state index in [4.69, 9.17) is 10.5 Å². The molecule has 1 heterocycles. The molecule has 1 aliphatic heterocycles. The summed E-state index contributed by atoms with van der Waals surface area (Å²) in [7, 11) is 0. The number of piperidine rings is 1. The predicted molar refractivity (Wildman–Crippen MR) is 109 cm³/mol. The Kier molecular flexibility index (Phi) is 6.34. The molecule has 1 fully saturated rings. The summed E-state index contributed by atoms with van der Waals surface area (Å²) in [4.78, 5) is 26.7. The van der Waals surface area contributed by atoms with Crippen molar-refractivity contribution in [3.8, 4) is 5.75 Å². The smallest absolute Gasteiger partial charge is 0.254 e. The summed E-state index contributed by atoms with van der Waals surface area (Å²) in [6.07, 6.45) is 2.98. The Hall–Kier alpha value is -2.82. The second-order valence-electron chi connectivity index (χ2n) is 7.44. The van der Waals surface area contributed by atoms with Crippen molar-refractivity contribution in [2.24, 2.45) is 11.1 Å². The molecule has 0 spiro atoms. The fraction of sp³-hybridized carbons (Fsp3) is 0.391. The summed E-state index contributed by atoms with van der Waals surface area (Å²) < 4.78 is 5.84. The van der Waals surface area contributed by atoms with Gasteiger partial charge in [0, 0.05) is 25.1 Å². The Morgan fingerprint density at radius 2 is 1.93 bits per heavy atom. The molecular weight excluding hydrogens is 352 g/mol. The number of likely N-dealkylation sites (tertiary alicyclic amines) is 1. The van der Waals surface area contributed by atoms with Gasteiger partial charge in [-0.2, -0.15) is 0 Å². The Morgan fingerprint density at radius 3 is 2.64 bits per heavy atom. The third kappa shape index (κ3) is 4.53. The average Bonchev–Trinajstić information content (AvgIpc) is 2.74. The lowest BCUT2D eigenvalue weighted by Gasteiger charge is -2.40. The highest BCUT2D eigenvalue weighted by Crippen LogP contribution is 2.33. The number of hydrogen-bond donors (Lipinski definition) is 1. The van der Waals surface area contributed by atoms with E-state index in [1.54, 1.807) is 17.0 Å². The summed E-state index contributed by atoms with van der Waals surface area (Å²) in [5.41, 5.74) is 6.82. The Morgan fingerprint density at radius 1 is 1.14 bits per heavy atom. The summed E-state index contributed by atoms with van der Waals surface area (Å²) in [6.45, 7) is 3.54. The Balaban J connectivity index is 1.64. The first-order valence-corrected chi connectivity index (χ1v) is 9.90. The van der Waals surface area contributed by atoms with E-state index >= 15 is 0 Å². The molecule has 1 saturated heterocycles. The molecule has 3 rings (SSSR count). The minimum Gasteiger partial charge on any atom is -0.493 e. The van der Waals surface area contributed by atoms with Crippen LogP contribution in [0.2, 0.25) is 0 Å². The van der Waals surface area contributed by atoms with Gasteiger partial charge in [-0.05, 0) is 43.0 Å². The monoisotopic (exact) mass is 380 g/mol. The van der Waals surface area contributed by atoms with Crippen LogP contribution in [0.15, 0.2) is 54.6 Å². The first-order valence-electron chi connectivity index (χ1n) is 9.90. The van der Waals surface area contributed by atoms with Crippen molar-refractivity contribution >= 4 is 11.8 Å². The molecule has 0 aromatic heterocycles. The van der Waals surface area contributed by atoms with Crippen molar-refractivity contribution in [2.75, 3.05) is 19.7 Å². The molecule has 1 aliphatic rings. The maximum Gasteiger partial charge on any atom is 0.254 e. The van der Waals surface area contributed by atoms with Crippen molar-refractivity contribution in [2.45, 2.75) is 32.6 Å². The van der Waals surface area contributed by atoms with Crippen molar-refractivity contribution in [3.63, 3.8) is 0 Å². The van der Waals surface area contributed by atoms with E-state index in [2.05, 4.69) is 12.1 Å². The van der Waals surface area contributed by atoms with Crippen LogP contribution in [0.25, 0.3) is 0 Å². The van der Waals surface area contributed by atoms with Crippen LogP contribution >= 0.6 is 0 Å². The minimum absolute atomic E-state index is 0.0766. The van der Waals surface area contributed by atoms with Crippen LogP contribution in [0.1, 0.15) is 42.1 Å². The van der Waals surface area contributed by atoms with Gasteiger partial charge in [0.15, 0.2) is 0 Å². The molecule has 2 N–H and O–H groups in total. The second kappa shape index (κ2) is 8.91. The molecule has 0 radical (unpaired) electrons. The van der Waals surface area contributed by atoms with Gasteiger partial charge >= 0.3 is 0 Å². The lowest BCUT2D eigenvalue weighted by atomic mass is 9.77. The van der Waals surface area contributed by atoms with Crippen molar-refractivity contribution in [1.29, 1.82) is 0 Å². The molecule has 28 heavy (non-hydrogen) atoms. The topological polar surface area (TPSA) is 72.6 Å². The van der Waals surface area contributed by atoms with Crippen molar-refractivity contribution in [1.82, 2.24) is 4.90 Å². The Labute approximate surface area is 166 Å². The molecule has 5 nitrogen and oxygen atoms in total. The van der Waals surface area contributed by atoms with Gasteiger partial charge in [0.2, 0.25) is 5.91 Å². The van der Waals surface area contributed by atoms with Crippen molar-refractivity contribution < 1.29 is 14.3 Å². The number of hydrogen-bond acceptors (Lipinski definition) is 3. The van der Waals surface area contributed by atoms with Crippen LogP contribution in [0, 0.1) is 5.41 Å². The fourth-order valence-corrected chi connectivity index (χ4v) is 3.80. The highest BCUT2D eigenvalue weighted by atomic mass is 16.5. The molecule has 5 heteroatoms. The molecule has 0 saturated carbocycles. The third-order valence-corrected chi connectivity index (χ3v) is 5.65. The van der Waals surface area contributed by atoms with E-state index in [-0.39, 0.29) is 11.8 Å². The van der Waals surface area contributed by atoms with Gasteiger partial charge < -0.3 is 15.4 Å². The summed E-state index contributed by atoms with van der Waals surface area (Å²) in [6, 6.07) is 17.4. The van der Waals surface area contributed by atoms with Crippen LogP contribution in [-0.4, -0.2) is 36.4 Å². The number of rotatable bonds is 7. The van der Waals surface area contributed by atoms with Crippen LogP contribution in [0.4, 0.5) is 0 Å². The van der Waals surface area contributed by atoms with Gasteiger partial charge in [0.05, 0.1) is 12.0 Å². The zero-order valence-corrected chi connectivity index (χ0v) is 16.4. The van der Waals surface area contributed by atoms with E-state index in [9.17, 15) is 9.59 Å². The van der Waals surface area contributed by atoms with Gasteiger partial charge in [-0.3, -0.25) is 9.59 Å². The summed E-state index contributed by atoms with van der Waals surface area (Å²) in [5.74, 6) is 0.285.